The quantitative estimate of drug-likeness (QED) is 0.632. The molecule has 0 aliphatic carbocycles. The van der Waals surface area contributed by atoms with Crippen molar-refractivity contribution in [2.75, 3.05) is 19.7 Å². The number of benzene rings is 1. The van der Waals surface area contributed by atoms with E-state index in [9.17, 15) is 14.0 Å². The highest BCUT2D eigenvalue weighted by molar-refractivity contribution is 6.32. The molecule has 0 atom stereocenters. The smallest absolute Gasteiger partial charge is 0.397 e. The predicted octanol–water partition coefficient (Wildman–Crippen LogP) is 2.28. The Kier molecular flexibility index (Phi) is 4.92. The van der Waals surface area contributed by atoms with E-state index in [-0.39, 0.29) is 23.9 Å². The van der Waals surface area contributed by atoms with Crippen LogP contribution in [-0.4, -0.2) is 42.6 Å². The van der Waals surface area contributed by atoms with E-state index < -0.39 is 11.9 Å². The van der Waals surface area contributed by atoms with E-state index in [1.165, 1.54) is 17.0 Å². The summed E-state index contributed by atoms with van der Waals surface area (Å²) in [7, 11) is 0. The zero-order valence-electron chi connectivity index (χ0n) is 13.9. The van der Waals surface area contributed by atoms with Crippen molar-refractivity contribution in [2.24, 2.45) is 0 Å². The molecule has 1 saturated heterocycles. The monoisotopic (exact) mass is 323 g/mol. The van der Waals surface area contributed by atoms with Crippen LogP contribution in [0.3, 0.4) is 0 Å². The lowest BCUT2D eigenvalue weighted by Crippen LogP contribution is -2.58. The number of hydrogen-bond acceptors (Lipinski definition) is 4. The summed E-state index contributed by atoms with van der Waals surface area (Å²) in [6.45, 7) is 8.39. The Morgan fingerprint density at radius 1 is 1.30 bits per heavy atom. The van der Waals surface area contributed by atoms with Gasteiger partial charge in [-0.3, -0.25) is 4.79 Å². The van der Waals surface area contributed by atoms with Gasteiger partial charge in [0.1, 0.15) is 17.7 Å². The van der Waals surface area contributed by atoms with E-state index in [0.29, 0.717) is 18.8 Å². The number of hydrogen-bond donors (Lipinski definition) is 0. The lowest BCUT2D eigenvalue weighted by molar-refractivity contribution is -0.164. The normalized spacial score (nSPS) is 15.1. The Morgan fingerprint density at radius 3 is 2.52 bits per heavy atom. The van der Waals surface area contributed by atoms with Crippen LogP contribution in [0.4, 0.5) is 4.39 Å². The molecule has 5 nitrogen and oxygen atoms in total. The topological polar surface area (TPSA) is 55.8 Å². The highest BCUT2D eigenvalue weighted by atomic mass is 19.1. The Morgan fingerprint density at radius 2 is 1.96 bits per heavy atom. The molecule has 1 amide bonds. The maximum Gasteiger partial charge on any atom is 0.397 e. The lowest BCUT2D eigenvalue weighted by atomic mass is 9.86. The molecular weight excluding hydrogens is 301 g/mol. The van der Waals surface area contributed by atoms with Crippen LogP contribution in [0.25, 0.3) is 0 Å². The fourth-order valence-electron chi connectivity index (χ4n) is 2.37. The lowest BCUT2D eigenvalue weighted by Gasteiger charge is -2.39. The van der Waals surface area contributed by atoms with Gasteiger partial charge < -0.3 is 14.4 Å². The second-order valence-electron chi connectivity index (χ2n) is 6.56. The molecule has 1 fully saturated rings. The molecule has 1 aromatic rings. The first kappa shape index (κ1) is 17.2. The molecule has 1 aliphatic heterocycles. The Labute approximate surface area is 135 Å². The minimum Gasteiger partial charge on any atom is -0.486 e. The molecule has 1 heterocycles. The summed E-state index contributed by atoms with van der Waals surface area (Å²) < 4.78 is 24.0. The third kappa shape index (κ3) is 4.00. The van der Waals surface area contributed by atoms with Gasteiger partial charge in [0.15, 0.2) is 0 Å². The van der Waals surface area contributed by atoms with E-state index in [1.54, 1.807) is 13.0 Å². The molecule has 0 saturated carbocycles. The Balaban J connectivity index is 1.99. The van der Waals surface area contributed by atoms with Crippen LogP contribution in [0.1, 0.15) is 33.3 Å². The summed E-state index contributed by atoms with van der Waals surface area (Å²) in [5, 5.41) is 0. The standard InChI is InChI=1S/C17H22FNO4/c1-5-22-16(21)15(20)19-9-12(10-19)23-14-7-6-11(18)8-13(14)17(2,3)4/h6-8,12H,5,9-10H2,1-4H3. The van der Waals surface area contributed by atoms with Crippen molar-refractivity contribution < 1.29 is 23.5 Å². The number of halogens is 1. The third-order valence-electron chi connectivity index (χ3n) is 3.63. The molecule has 6 heteroatoms. The molecule has 2 rings (SSSR count). The van der Waals surface area contributed by atoms with Crippen molar-refractivity contribution in [3.05, 3.63) is 29.6 Å². The van der Waals surface area contributed by atoms with Crippen LogP contribution >= 0.6 is 0 Å². The fourth-order valence-corrected chi connectivity index (χ4v) is 2.37. The molecule has 0 spiro atoms. The number of carbonyl (C=O) groups excluding carboxylic acids is 2. The summed E-state index contributed by atoms with van der Waals surface area (Å²) >= 11 is 0. The predicted molar refractivity (Wildman–Crippen MR) is 82.7 cm³/mol. The second kappa shape index (κ2) is 6.56. The number of esters is 1. The minimum absolute atomic E-state index is 0.170. The summed E-state index contributed by atoms with van der Waals surface area (Å²) in [6.07, 6.45) is -0.208. The maximum atomic E-state index is 13.5. The van der Waals surface area contributed by atoms with E-state index in [1.807, 2.05) is 20.8 Å². The van der Waals surface area contributed by atoms with E-state index in [0.717, 1.165) is 5.56 Å². The van der Waals surface area contributed by atoms with E-state index in [2.05, 4.69) is 4.74 Å². The molecule has 1 aromatic carbocycles. The van der Waals surface area contributed by atoms with Gasteiger partial charge in [0, 0.05) is 5.56 Å². The molecule has 0 bridgehead atoms. The van der Waals surface area contributed by atoms with Crippen LogP contribution in [0, 0.1) is 5.82 Å². The van der Waals surface area contributed by atoms with Gasteiger partial charge in [-0.25, -0.2) is 9.18 Å². The largest absolute Gasteiger partial charge is 0.486 e. The Bertz CT molecular complexity index is 603. The molecular formula is C17H22FNO4. The van der Waals surface area contributed by atoms with Gasteiger partial charge in [0.2, 0.25) is 0 Å². The van der Waals surface area contributed by atoms with Gasteiger partial charge >= 0.3 is 11.9 Å². The molecule has 0 unspecified atom stereocenters. The van der Waals surface area contributed by atoms with Crippen molar-refractivity contribution in [3.63, 3.8) is 0 Å². The third-order valence-corrected chi connectivity index (χ3v) is 3.63. The zero-order chi connectivity index (χ0) is 17.2. The summed E-state index contributed by atoms with van der Waals surface area (Å²) in [6, 6.07) is 4.42. The van der Waals surface area contributed by atoms with Gasteiger partial charge in [-0.2, -0.15) is 0 Å². The zero-order valence-corrected chi connectivity index (χ0v) is 13.9. The summed E-state index contributed by atoms with van der Waals surface area (Å²) in [4.78, 5) is 24.5. The number of ether oxygens (including phenoxy) is 2. The van der Waals surface area contributed by atoms with Gasteiger partial charge in [-0.1, -0.05) is 20.8 Å². The van der Waals surface area contributed by atoms with Gasteiger partial charge in [-0.15, -0.1) is 0 Å². The van der Waals surface area contributed by atoms with Crippen molar-refractivity contribution in [2.45, 2.75) is 39.2 Å². The number of carbonyl (C=O) groups is 2. The first-order chi connectivity index (χ1) is 10.7. The SMILES string of the molecule is CCOC(=O)C(=O)N1CC(Oc2ccc(F)cc2C(C)(C)C)C1. The van der Waals surface area contributed by atoms with Crippen molar-refractivity contribution in [3.8, 4) is 5.75 Å². The first-order valence-electron chi connectivity index (χ1n) is 7.65. The average molecular weight is 323 g/mol. The second-order valence-corrected chi connectivity index (χ2v) is 6.56. The van der Waals surface area contributed by atoms with E-state index in [4.69, 9.17) is 4.74 Å². The molecule has 0 N–H and O–H groups in total. The van der Waals surface area contributed by atoms with Crippen LogP contribution in [-0.2, 0) is 19.7 Å². The number of rotatable bonds is 3. The van der Waals surface area contributed by atoms with Crippen molar-refractivity contribution in [1.29, 1.82) is 0 Å². The van der Waals surface area contributed by atoms with Crippen LogP contribution in [0.15, 0.2) is 18.2 Å². The summed E-state index contributed by atoms with van der Waals surface area (Å²) in [5.41, 5.74) is 0.509. The van der Waals surface area contributed by atoms with Crippen LogP contribution < -0.4 is 4.74 Å². The molecule has 126 valence electrons. The highest BCUT2D eigenvalue weighted by Gasteiger charge is 2.36. The maximum absolute atomic E-state index is 13.5. The first-order valence-corrected chi connectivity index (χ1v) is 7.65. The highest BCUT2D eigenvalue weighted by Crippen LogP contribution is 2.33. The van der Waals surface area contributed by atoms with Gasteiger partial charge in [0.05, 0.1) is 19.7 Å². The van der Waals surface area contributed by atoms with E-state index >= 15 is 0 Å². The van der Waals surface area contributed by atoms with Crippen LogP contribution in [0.2, 0.25) is 0 Å². The van der Waals surface area contributed by atoms with Crippen molar-refractivity contribution >= 4 is 11.9 Å². The summed E-state index contributed by atoms with van der Waals surface area (Å²) in [5.74, 6) is -1.20. The number of nitrogens with zero attached hydrogens (tertiary/aromatic N) is 1. The van der Waals surface area contributed by atoms with Crippen molar-refractivity contribution in [1.82, 2.24) is 4.90 Å². The number of likely N-dealkylation sites (tertiary alicyclic amines) is 1. The van der Waals surface area contributed by atoms with Crippen LogP contribution in [0.5, 0.6) is 5.75 Å². The average Bonchev–Trinajstić information content (AvgIpc) is 2.42. The molecule has 1 aliphatic rings. The number of amides is 1. The molecule has 0 radical (unpaired) electrons. The van der Waals surface area contributed by atoms with Gasteiger partial charge in [-0.05, 0) is 30.5 Å². The molecule has 0 aromatic heterocycles. The molecule has 23 heavy (non-hydrogen) atoms. The Hall–Kier alpha value is -2.11. The van der Waals surface area contributed by atoms with Gasteiger partial charge in [0.25, 0.3) is 0 Å². The fraction of sp³-hybridized carbons (Fsp3) is 0.529. The minimum atomic E-state index is -0.844.